The van der Waals surface area contributed by atoms with Crippen LogP contribution in [0.4, 0.5) is 14.5 Å². The van der Waals surface area contributed by atoms with Gasteiger partial charge in [-0.1, -0.05) is 23.2 Å². The second kappa shape index (κ2) is 5.15. The van der Waals surface area contributed by atoms with Crippen LogP contribution in [-0.2, 0) is 0 Å². The molecule has 0 unspecified atom stereocenters. The first kappa shape index (κ1) is 13.8. The number of anilines is 1. The topological polar surface area (TPSA) is 43.1 Å². The summed E-state index contributed by atoms with van der Waals surface area (Å²) in [5.41, 5.74) is 4.39. The number of rotatable bonds is 2. The number of carbonyl (C=O) groups excluding carboxylic acids is 1. The number of benzene rings is 2. The van der Waals surface area contributed by atoms with Gasteiger partial charge in [-0.25, -0.2) is 8.78 Å². The molecule has 2 rings (SSSR count). The van der Waals surface area contributed by atoms with Crippen molar-refractivity contribution in [3.05, 3.63) is 63.1 Å². The molecule has 0 spiro atoms. The highest BCUT2D eigenvalue weighted by atomic mass is 35.5. The lowest BCUT2D eigenvalue weighted by Crippen LogP contribution is -2.08. The first-order chi connectivity index (χ1) is 8.90. The highest BCUT2D eigenvalue weighted by molar-refractivity contribution is 6.37. The van der Waals surface area contributed by atoms with Crippen molar-refractivity contribution in [2.24, 2.45) is 0 Å². The quantitative estimate of drug-likeness (QED) is 0.671. The van der Waals surface area contributed by atoms with Crippen LogP contribution in [-0.4, -0.2) is 5.78 Å². The summed E-state index contributed by atoms with van der Waals surface area (Å²) < 4.78 is 26.9. The van der Waals surface area contributed by atoms with E-state index in [1.54, 1.807) is 0 Å². The van der Waals surface area contributed by atoms with E-state index in [1.165, 1.54) is 18.2 Å². The van der Waals surface area contributed by atoms with Crippen LogP contribution in [0.15, 0.2) is 30.3 Å². The van der Waals surface area contributed by atoms with Crippen LogP contribution in [0, 0.1) is 11.6 Å². The average Bonchev–Trinajstić information content (AvgIpc) is 2.33. The largest absolute Gasteiger partial charge is 0.396 e. The standard InChI is InChI=1S/C13H7Cl2F2NO/c14-6-1-2-8(10(15)3-6)13(19)9-4-7(16)5-11(18)12(9)17/h1-5H,18H2. The molecule has 0 aliphatic heterocycles. The zero-order valence-corrected chi connectivity index (χ0v) is 10.9. The molecule has 0 radical (unpaired) electrons. The Labute approximate surface area is 117 Å². The number of nitrogen functional groups attached to an aromatic ring is 1. The maximum Gasteiger partial charge on any atom is 0.197 e. The summed E-state index contributed by atoms with van der Waals surface area (Å²) in [6.45, 7) is 0. The third-order valence-corrected chi connectivity index (χ3v) is 3.03. The Balaban J connectivity index is 2.56. The van der Waals surface area contributed by atoms with Crippen LogP contribution in [0.1, 0.15) is 15.9 Å². The van der Waals surface area contributed by atoms with Crippen molar-refractivity contribution in [2.45, 2.75) is 0 Å². The maximum atomic E-state index is 13.7. The summed E-state index contributed by atoms with van der Waals surface area (Å²) in [7, 11) is 0. The third-order valence-electron chi connectivity index (χ3n) is 2.49. The van der Waals surface area contributed by atoms with Gasteiger partial charge in [0.25, 0.3) is 0 Å². The van der Waals surface area contributed by atoms with Crippen molar-refractivity contribution in [3.8, 4) is 0 Å². The van der Waals surface area contributed by atoms with Crippen molar-refractivity contribution in [3.63, 3.8) is 0 Å². The molecule has 6 heteroatoms. The molecule has 0 atom stereocenters. The van der Waals surface area contributed by atoms with Crippen molar-refractivity contribution in [1.29, 1.82) is 0 Å². The molecule has 2 aromatic rings. The van der Waals surface area contributed by atoms with Gasteiger partial charge < -0.3 is 5.73 Å². The summed E-state index contributed by atoms with van der Waals surface area (Å²) in [5.74, 6) is -2.53. The van der Waals surface area contributed by atoms with E-state index in [4.69, 9.17) is 28.9 Å². The first-order valence-corrected chi connectivity index (χ1v) is 5.90. The smallest absolute Gasteiger partial charge is 0.197 e. The van der Waals surface area contributed by atoms with E-state index in [9.17, 15) is 13.6 Å². The Bertz CT molecular complexity index is 674. The number of carbonyl (C=O) groups is 1. The van der Waals surface area contributed by atoms with Gasteiger partial charge in [0.15, 0.2) is 11.6 Å². The van der Waals surface area contributed by atoms with E-state index in [0.29, 0.717) is 5.02 Å². The van der Waals surface area contributed by atoms with Gasteiger partial charge in [-0.2, -0.15) is 0 Å². The van der Waals surface area contributed by atoms with Gasteiger partial charge in [0, 0.05) is 10.6 Å². The number of halogens is 4. The molecule has 2 N–H and O–H groups in total. The van der Waals surface area contributed by atoms with Gasteiger partial charge in [0.05, 0.1) is 16.3 Å². The molecule has 0 fully saturated rings. The van der Waals surface area contributed by atoms with Crippen LogP contribution in [0.2, 0.25) is 10.0 Å². The van der Waals surface area contributed by atoms with E-state index >= 15 is 0 Å². The minimum Gasteiger partial charge on any atom is -0.396 e. The van der Waals surface area contributed by atoms with Crippen molar-refractivity contribution < 1.29 is 13.6 Å². The summed E-state index contributed by atoms with van der Waals surface area (Å²) in [5, 5.41) is 0.389. The molecule has 0 saturated heterocycles. The molecular formula is C13H7Cl2F2NO. The molecule has 0 amide bonds. The van der Waals surface area contributed by atoms with Gasteiger partial charge >= 0.3 is 0 Å². The second-order valence-electron chi connectivity index (χ2n) is 3.81. The molecular weight excluding hydrogens is 295 g/mol. The highest BCUT2D eigenvalue weighted by Crippen LogP contribution is 2.26. The van der Waals surface area contributed by atoms with E-state index in [-0.39, 0.29) is 10.6 Å². The molecule has 0 heterocycles. The van der Waals surface area contributed by atoms with Gasteiger partial charge in [0.1, 0.15) is 5.82 Å². The summed E-state index contributed by atoms with van der Waals surface area (Å²) in [6.07, 6.45) is 0. The molecule has 2 nitrogen and oxygen atoms in total. The lowest BCUT2D eigenvalue weighted by atomic mass is 10.0. The van der Waals surface area contributed by atoms with E-state index in [1.807, 2.05) is 0 Å². The predicted molar refractivity (Wildman–Crippen MR) is 70.7 cm³/mol. The average molecular weight is 302 g/mol. The van der Waals surface area contributed by atoms with Crippen LogP contribution >= 0.6 is 23.2 Å². The fraction of sp³-hybridized carbons (Fsp3) is 0. The summed E-state index contributed by atoms with van der Waals surface area (Å²) >= 11 is 11.6. The molecule has 0 aromatic heterocycles. The summed E-state index contributed by atoms with van der Waals surface area (Å²) in [6, 6.07) is 5.69. The first-order valence-electron chi connectivity index (χ1n) is 5.14. The number of hydrogen-bond donors (Lipinski definition) is 1. The SMILES string of the molecule is Nc1cc(F)cc(C(=O)c2ccc(Cl)cc2Cl)c1F. The fourth-order valence-corrected chi connectivity index (χ4v) is 2.09. The van der Waals surface area contributed by atoms with Gasteiger partial charge in [-0.05, 0) is 30.3 Å². The molecule has 0 aliphatic rings. The number of ketones is 1. The lowest BCUT2D eigenvalue weighted by Gasteiger charge is -2.07. The molecule has 19 heavy (non-hydrogen) atoms. The van der Waals surface area contributed by atoms with Crippen LogP contribution in [0.5, 0.6) is 0 Å². The molecule has 2 aromatic carbocycles. The van der Waals surface area contributed by atoms with Crippen molar-refractivity contribution in [2.75, 3.05) is 5.73 Å². The zero-order chi connectivity index (χ0) is 14.2. The molecule has 0 aliphatic carbocycles. The Hall–Kier alpha value is -1.65. The maximum absolute atomic E-state index is 13.7. The summed E-state index contributed by atoms with van der Waals surface area (Å²) in [4.78, 5) is 12.1. The van der Waals surface area contributed by atoms with E-state index in [0.717, 1.165) is 12.1 Å². The minimum absolute atomic E-state index is 0.0231. The third kappa shape index (κ3) is 2.69. The monoisotopic (exact) mass is 301 g/mol. The van der Waals surface area contributed by atoms with Crippen molar-refractivity contribution >= 4 is 34.7 Å². The van der Waals surface area contributed by atoms with E-state index in [2.05, 4.69) is 0 Å². The minimum atomic E-state index is -0.975. The Morgan fingerprint density at radius 2 is 1.74 bits per heavy atom. The number of hydrogen-bond acceptors (Lipinski definition) is 2. The molecule has 0 bridgehead atoms. The van der Waals surface area contributed by atoms with Crippen LogP contribution in [0.3, 0.4) is 0 Å². The highest BCUT2D eigenvalue weighted by Gasteiger charge is 2.19. The zero-order valence-electron chi connectivity index (χ0n) is 9.38. The second-order valence-corrected chi connectivity index (χ2v) is 4.65. The molecule has 0 saturated carbocycles. The van der Waals surface area contributed by atoms with Gasteiger partial charge in [-0.3, -0.25) is 4.79 Å². The molecule has 98 valence electrons. The fourth-order valence-electron chi connectivity index (χ4n) is 1.59. The number of nitrogens with two attached hydrogens (primary N) is 1. The van der Waals surface area contributed by atoms with E-state index < -0.39 is 28.7 Å². The Kier molecular flexibility index (Phi) is 3.73. The Morgan fingerprint density at radius 3 is 2.37 bits per heavy atom. The van der Waals surface area contributed by atoms with Crippen LogP contribution < -0.4 is 5.73 Å². The van der Waals surface area contributed by atoms with Gasteiger partial charge in [0.2, 0.25) is 0 Å². The lowest BCUT2D eigenvalue weighted by molar-refractivity contribution is 0.103. The van der Waals surface area contributed by atoms with Crippen LogP contribution in [0.25, 0.3) is 0 Å². The van der Waals surface area contributed by atoms with Crippen molar-refractivity contribution in [1.82, 2.24) is 0 Å². The Morgan fingerprint density at radius 1 is 1.05 bits per heavy atom. The normalized spacial score (nSPS) is 10.5. The van der Waals surface area contributed by atoms with Gasteiger partial charge in [-0.15, -0.1) is 0 Å². The predicted octanol–water partition coefficient (Wildman–Crippen LogP) is 4.08.